The van der Waals surface area contributed by atoms with Crippen molar-refractivity contribution in [2.45, 2.75) is 32.4 Å². The molecule has 1 aromatic carbocycles. The lowest BCUT2D eigenvalue weighted by Crippen LogP contribution is -2.46. The molecule has 1 fully saturated rings. The van der Waals surface area contributed by atoms with Crippen molar-refractivity contribution >= 4 is 35.6 Å². The number of nitro benzene ring substituents is 1. The van der Waals surface area contributed by atoms with E-state index < -0.39 is 4.92 Å². The smallest absolute Gasteiger partial charge is 0.269 e. The third-order valence-corrected chi connectivity index (χ3v) is 3.66. The first-order valence-corrected chi connectivity index (χ1v) is 7.54. The molecular weight excluding hydrogens is 411 g/mol. The van der Waals surface area contributed by atoms with Crippen molar-refractivity contribution < 1.29 is 10.0 Å². The summed E-state index contributed by atoms with van der Waals surface area (Å²) in [6.45, 7) is 4.83. The minimum atomic E-state index is -0.407. The van der Waals surface area contributed by atoms with Crippen molar-refractivity contribution in [1.29, 1.82) is 0 Å². The van der Waals surface area contributed by atoms with Gasteiger partial charge in [0.1, 0.15) is 0 Å². The van der Waals surface area contributed by atoms with E-state index in [0.29, 0.717) is 6.54 Å². The van der Waals surface area contributed by atoms with Gasteiger partial charge in [-0.05, 0) is 25.3 Å². The average Bonchev–Trinajstić information content (AvgIpc) is 2.53. The summed E-state index contributed by atoms with van der Waals surface area (Å²) in [6.07, 6.45) is 1.29. The molecule has 1 aliphatic heterocycles. The highest BCUT2D eigenvalue weighted by Gasteiger charge is 2.19. The Morgan fingerprint density at radius 3 is 2.52 bits per heavy atom. The molecule has 1 heterocycles. The summed E-state index contributed by atoms with van der Waals surface area (Å²) in [5, 5.41) is 23.5. The van der Waals surface area contributed by atoms with Gasteiger partial charge in [0.15, 0.2) is 5.96 Å². The van der Waals surface area contributed by atoms with Crippen LogP contribution in [0.2, 0.25) is 0 Å². The molecule has 128 valence electrons. The third kappa shape index (κ3) is 5.94. The first-order valence-electron chi connectivity index (χ1n) is 7.54. The molecule has 1 saturated heterocycles. The molecule has 0 spiro atoms. The fraction of sp³-hybridized carbons (Fsp3) is 0.533. The SMILES string of the molecule is CCNC(=NCc1ccc([N+](=O)[O-])cc1)N1CCC(O)CC1.I. The molecule has 0 amide bonds. The number of halogens is 1. The normalized spacial score (nSPS) is 15.9. The number of non-ortho nitro benzene ring substituents is 1. The van der Waals surface area contributed by atoms with Crippen molar-refractivity contribution in [2.24, 2.45) is 4.99 Å². The van der Waals surface area contributed by atoms with E-state index in [1.807, 2.05) is 6.92 Å². The Morgan fingerprint density at radius 2 is 2.00 bits per heavy atom. The van der Waals surface area contributed by atoms with Crippen LogP contribution in [0.1, 0.15) is 25.3 Å². The number of rotatable bonds is 4. The third-order valence-electron chi connectivity index (χ3n) is 3.66. The van der Waals surface area contributed by atoms with Crippen LogP contribution in [0.3, 0.4) is 0 Å². The number of nitrogens with zero attached hydrogens (tertiary/aromatic N) is 3. The molecule has 0 aliphatic carbocycles. The number of hydrogen-bond acceptors (Lipinski definition) is 4. The average molecular weight is 434 g/mol. The second-order valence-corrected chi connectivity index (χ2v) is 5.31. The summed E-state index contributed by atoms with van der Waals surface area (Å²) in [4.78, 5) is 17.0. The summed E-state index contributed by atoms with van der Waals surface area (Å²) in [5.74, 6) is 0.827. The van der Waals surface area contributed by atoms with Crippen LogP contribution in [0.25, 0.3) is 0 Å². The molecule has 1 aromatic rings. The zero-order valence-electron chi connectivity index (χ0n) is 13.1. The minimum Gasteiger partial charge on any atom is -0.393 e. The van der Waals surface area contributed by atoms with Crippen molar-refractivity contribution in [3.8, 4) is 0 Å². The first-order chi connectivity index (χ1) is 10.6. The molecular formula is C15H23IN4O3. The highest BCUT2D eigenvalue weighted by atomic mass is 127. The fourth-order valence-electron chi connectivity index (χ4n) is 2.39. The Morgan fingerprint density at radius 1 is 1.39 bits per heavy atom. The van der Waals surface area contributed by atoms with Gasteiger partial charge in [-0.1, -0.05) is 12.1 Å². The zero-order valence-corrected chi connectivity index (χ0v) is 15.5. The van der Waals surface area contributed by atoms with E-state index in [1.54, 1.807) is 12.1 Å². The number of piperidine rings is 1. The number of aliphatic hydroxyl groups is 1. The van der Waals surface area contributed by atoms with Gasteiger partial charge in [-0.25, -0.2) is 4.99 Å². The monoisotopic (exact) mass is 434 g/mol. The van der Waals surface area contributed by atoms with Gasteiger partial charge in [0.05, 0.1) is 17.6 Å². The quantitative estimate of drug-likeness (QED) is 0.249. The Labute approximate surface area is 153 Å². The fourth-order valence-corrected chi connectivity index (χ4v) is 2.39. The van der Waals surface area contributed by atoms with Gasteiger partial charge in [0.2, 0.25) is 0 Å². The number of aliphatic imine (C=N–C) groups is 1. The number of hydrogen-bond donors (Lipinski definition) is 2. The molecule has 23 heavy (non-hydrogen) atoms. The lowest BCUT2D eigenvalue weighted by molar-refractivity contribution is -0.384. The maximum absolute atomic E-state index is 10.6. The summed E-state index contributed by atoms with van der Waals surface area (Å²) >= 11 is 0. The number of nitrogens with one attached hydrogen (secondary N) is 1. The molecule has 7 nitrogen and oxygen atoms in total. The number of guanidine groups is 1. The topological polar surface area (TPSA) is 91.0 Å². The maximum Gasteiger partial charge on any atom is 0.269 e. The minimum absolute atomic E-state index is 0. The van der Waals surface area contributed by atoms with E-state index in [4.69, 9.17) is 0 Å². The van der Waals surface area contributed by atoms with Crippen molar-refractivity contribution in [3.05, 3.63) is 39.9 Å². The van der Waals surface area contributed by atoms with Crippen LogP contribution >= 0.6 is 24.0 Å². The molecule has 0 aromatic heterocycles. The van der Waals surface area contributed by atoms with Crippen LogP contribution in [0, 0.1) is 10.1 Å². The summed E-state index contributed by atoms with van der Waals surface area (Å²) in [6, 6.07) is 6.44. The van der Waals surface area contributed by atoms with E-state index in [-0.39, 0.29) is 35.8 Å². The summed E-state index contributed by atoms with van der Waals surface area (Å²) < 4.78 is 0. The molecule has 0 radical (unpaired) electrons. The molecule has 8 heteroatoms. The van der Waals surface area contributed by atoms with Gasteiger partial charge in [-0.2, -0.15) is 0 Å². The van der Waals surface area contributed by atoms with E-state index >= 15 is 0 Å². The molecule has 0 saturated carbocycles. The number of likely N-dealkylation sites (tertiary alicyclic amines) is 1. The van der Waals surface area contributed by atoms with Gasteiger partial charge < -0.3 is 15.3 Å². The Bertz CT molecular complexity index is 528. The van der Waals surface area contributed by atoms with Crippen molar-refractivity contribution in [2.75, 3.05) is 19.6 Å². The van der Waals surface area contributed by atoms with Gasteiger partial charge >= 0.3 is 0 Å². The highest BCUT2D eigenvalue weighted by molar-refractivity contribution is 14.0. The van der Waals surface area contributed by atoms with Crippen LogP contribution in [0.4, 0.5) is 5.69 Å². The Hall–Kier alpha value is -1.42. The summed E-state index contributed by atoms with van der Waals surface area (Å²) in [5.41, 5.74) is 1.02. The lowest BCUT2D eigenvalue weighted by atomic mass is 10.1. The molecule has 0 bridgehead atoms. The van der Waals surface area contributed by atoms with Gasteiger partial charge in [0.25, 0.3) is 5.69 Å². The van der Waals surface area contributed by atoms with E-state index in [1.165, 1.54) is 12.1 Å². The molecule has 0 atom stereocenters. The maximum atomic E-state index is 10.6. The van der Waals surface area contributed by atoms with Crippen LogP contribution in [0.5, 0.6) is 0 Å². The lowest BCUT2D eigenvalue weighted by Gasteiger charge is -2.32. The second kappa shape index (κ2) is 9.66. The van der Waals surface area contributed by atoms with E-state index in [9.17, 15) is 15.2 Å². The molecule has 1 aliphatic rings. The number of aliphatic hydroxyl groups excluding tert-OH is 1. The predicted octanol–water partition coefficient (Wildman–Crippen LogP) is 2.14. The van der Waals surface area contributed by atoms with Gasteiger partial charge in [0, 0.05) is 31.8 Å². The molecule has 2 N–H and O–H groups in total. The number of nitro groups is 1. The van der Waals surface area contributed by atoms with Crippen LogP contribution in [-0.4, -0.2) is 46.6 Å². The van der Waals surface area contributed by atoms with Crippen molar-refractivity contribution in [1.82, 2.24) is 10.2 Å². The Kier molecular flexibility index (Phi) is 8.24. The van der Waals surface area contributed by atoms with E-state index in [0.717, 1.165) is 44.0 Å². The second-order valence-electron chi connectivity index (χ2n) is 5.31. The number of benzene rings is 1. The van der Waals surface area contributed by atoms with Crippen LogP contribution < -0.4 is 5.32 Å². The molecule has 0 unspecified atom stereocenters. The standard InChI is InChI=1S/C15H22N4O3.HI/c1-2-16-15(18-9-7-14(20)8-10-18)17-11-12-3-5-13(6-4-12)19(21)22;/h3-6,14,20H,2,7-11H2,1H3,(H,16,17);1H. The predicted molar refractivity (Wildman–Crippen MR) is 100 cm³/mol. The summed E-state index contributed by atoms with van der Waals surface area (Å²) in [7, 11) is 0. The van der Waals surface area contributed by atoms with Crippen LogP contribution in [-0.2, 0) is 6.54 Å². The zero-order chi connectivity index (χ0) is 15.9. The van der Waals surface area contributed by atoms with Gasteiger partial charge in [-0.15, -0.1) is 24.0 Å². The first kappa shape index (κ1) is 19.6. The van der Waals surface area contributed by atoms with Crippen LogP contribution in [0.15, 0.2) is 29.3 Å². The largest absolute Gasteiger partial charge is 0.393 e. The van der Waals surface area contributed by atoms with Gasteiger partial charge in [-0.3, -0.25) is 10.1 Å². The van der Waals surface area contributed by atoms with Crippen molar-refractivity contribution in [3.63, 3.8) is 0 Å². The Balaban J connectivity index is 0.00000264. The molecule has 2 rings (SSSR count). The van der Waals surface area contributed by atoms with E-state index in [2.05, 4.69) is 15.2 Å². The highest BCUT2D eigenvalue weighted by Crippen LogP contribution is 2.14.